The van der Waals surface area contributed by atoms with Gasteiger partial charge in [0.1, 0.15) is 29.4 Å². The molecule has 2 aromatic carbocycles. The van der Waals surface area contributed by atoms with Crippen molar-refractivity contribution >= 4 is 17.8 Å². The summed E-state index contributed by atoms with van der Waals surface area (Å²) in [7, 11) is 0. The number of rotatable bonds is 6. The summed E-state index contributed by atoms with van der Waals surface area (Å²) in [5.74, 6) is 0.348. The molecule has 8 heteroatoms. The van der Waals surface area contributed by atoms with E-state index >= 15 is 0 Å². The zero-order valence-electron chi connectivity index (χ0n) is 19.7. The number of nitrogens with one attached hydrogen (secondary N) is 2. The molecule has 1 aliphatic heterocycles. The monoisotopic (exact) mass is 467 g/mol. The largest absolute Gasteiger partial charge is 0.457 e. The fourth-order valence-corrected chi connectivity index (χ4v) is 5.36. The van der Waals surface area contributed by atoms with Gasteiger partial charge in [0.25, 0.3) is 5.91 Å². The second-order valence-corrected chi connectivity index (χ2v) is 10.2. The van der Waals surface area contributed by atoms with Crippen LogP contribution in [-0.4, -0.2) is 34.8 Å². The Bertz CT molecular complexity index is 1080. The van der Waals surface area contributed by atoms with Crippen molar-refractivity contribution in [2.45, 2.75) is 52.1 Å². The van der Waals surface area contributed by atoms with Gasteiger partial charge in [-0.1, -0.05) is 32.9 Å². The highest BCUT2D eigenvalue weighted by Crippen LogP contribution is 2.46. The molecule has 2 aromatic rings. The third-order valence-corrected chi connectivity index (χ3v) is 6.39. The van der Waals surface area contributed by atoms with E-state index in [1.165, 1.54) is 12.1 Å². The standard InChI is InChI=1S/C26H30FN3O4/c1-17-12-25(2,3)16-26(13-17)23(32)30(24(33)29-26)15-22(31)28-14-18-4-8-20(9-5-18)34-21-10-6-19(27)7-11-21/h4-11,17H,12-16H2,1-3H3,(H,28,31)(H,29,33). The molecule has 1 heterocycles. The molecule has 4 rings (SSSR count). The Morgan fingerprint density at radius 3 is 2.32 bits per heavy atom. The molecule has 1 saturated carbocycles. The van der Waals surface area contributed by atoms with Crippen molar-refractivity contribution in [1.29, 1.82) is 0 Å². The number of halogens is 1. The number of urea groups is 1. The van der Waals surface area contributed by atoms with Crippen LogP contribution in [0.2, 0.25) is 0 Å². The molecule has 4 amide bonds. The molecule has 2 atom stereocenters. The van der Waals surface area contributed by atoms with Gasteiger partial charge in [-0.15, -0.1) is 0 Å². The summed E-state index contributed by atoms with van der Waals surface area (Å²) in [6.45, 7) is 6.24. The molecule has 34 heavy (non-hydrogen) atoms. The highest BCUT2D eigenvalue weighted by molar-refractivity contribution is 6.09. The average molecular weight is 468 g/mol. The summed E-state index contributed by atoms with van der Waals surface area (Å²) in [5.41, 5.74) is -0.152. The Labute approximate surface area is 198 Å². The van der Waals surface area contributed by atoms with Crippen molar-refractivity contribution in [3.63, 3.8) is 0 Å². The molecular weight excluding hydrogens is 437 g/mol. The van der Waals surface area contributed by atoms with Crippen LogP contribution in [0.5, 0.6) is 11.5 Å². The van der Waals surface area contributed by atoms with Crippen LogP contribution < -0.4 is 15.4 Å². The second-order valence-electron chi connectivity index (χ2n) is 10.2. The lowest BCUT2D eigenvalue weighted by atomic mass is 9.64. The van der Waals surface area contributed by atoms with Crippen LogP contribution in [0.1, 0.15) is 45.6 Å². The van der Waals surface area contributed by atoms with Gasteiger partial charge < -0.3 is 15.4 Å². The number of nitrogens with zero attached hydrogens (tertiary/aromatic N) is 1. The maximum Gasteiger partial charge on any atom is 0.325 e. The fourth-order valence-electron chi connectivity index (χ4n) is 5.36. The van der Waals surface area contributed by atoms with Crippen LogP contribution in [0.3, 0.4) is 0 Å². The molecule has 0 radical (unpaired) electrons. The minimum Gasteiger partial charge on any atom is -0.457 e. The lowest BCUT2D eigenvalue weighted by Crippen LogP contribution is -2.54. The Morgan fingerprint density at radius 2 is 1.71 bits per heavy atom. The van der Waals surface area contributed by atoms with E-state index in [0.717, 1.165) is 16.9 Å². The van der Waals surface area contributed by atoms with E-state index in [9.17, 15) is 18.8 Å². The van der Waals surface area contributed by atoms with Crippen molar-refractivity contribution < 1.29 is 23.5 Å². The summed E-state index contributed by atoms with van der Waals surface area (Å²) in [6.07, 6.45) is 2.15. The van der Waals surface area contributed by atoms with Gasteiger partial charge in [0.2, 0.25) is 5.91 Å². The molecule has 0 bridgehead atoms. The van der Waals surface area contributed by atoms with Crippen LogP contribution >= 0.6 is 0 Å². The van der Waals surface area contributed by atoms with Crippen molar-refractivity contribution in [2.75, 3.05) is 6.54 Å². The second kappa shape index (κ2) is 9.08. The third kappa shape index (κ3) is 5.21. The average Bonchev–Trinajstić information content (AvgIpc) is 2.96. The number of hydrogen-bond acceptors (Lipinski definition) is 4. The predicted molar refractivity (Wildman–Crippen MR) is 125 cm³/mol. The van der Waals surface area contributed by atoms with Crippen LogP contribution in [0.4, 0.5) is 9.18 Å². The first kappa shape index (κ1) is 23.7. The summed E-state index contributed by atoms with van der Waals surface area (Å²) < 4.78 is 18.7. The molecule has 0 aromatic heterocycles. The van der Waals surface area contributed by atoms with E-state index in [1.54, 1.807) is 36.4 Å². The van der Waals surface area contributed by atoms with E-state index in [1.807, 2.05) is 0 Å². The Hall–Kier alpha value is -3.42. The summed E-state index contributed by atoms with van der Waals surface area (Å²) >= 11 is 0. The normalized spacial score (nSPS) is 23.6. The molecular formula is C26H30FN3O4. The molecule has 2 aliphatic rings. The molecule has 2 fully saturated rings. The van der Waals surface area contributed by atoms with Crippen LogP contribution in [0, 0.1) is 17.2 Å². The molecule has 7 nitrogen and oxygen atoms in total. The maximum atomic E-state index is 13.2. The molecule has 2 unspecified atom stereocenters. The molecule has 1 aliphatic carbocycles. The molecule has 180 valence electrons. The lowest BCUT2D eigenvalue weighted by molar-refractivity contribution is -0.137. The maximum absolute atomic E-state index is 13.2. The lowest BCUT2D eigenvalue weighted by Gasteiger charge is -2.43. The number of hydrogen-bond donors (Lipinski definition) is 2. The minimum atomic E-state index is -0.918. The van der Waals surface area contributed by atoms with Crippen LogP contribution in [0.25, 0.3) is 0 Å². The van der Waals surface area contributed by atoms with E-state index < -0.39 is 17.5 Å². The zero-order valence-corrected chi connectivity index (χ0v) is 19.7. The summed E-state index contributed by atoms with van der Waals surface area (Å²) in [5, 5.41) is 5.65. The number of carbonyl (C=O) groups excluding carboxylic acids is 3. The number of ether oxygens (including phenoxy) is 1. The van der Waals surface area contributed by atoms with Gasteiger partial charge in [0.15, 0.2) is 0 Å². The number of benzene rings is 2. The van der Waals surface area contributed by atoms with Gasteiger partial charge in [0, 0.05) is 6.54 Å². The smallest absolute Gasteiger partial charge is 0.325 e. The Morgan fingerprint density at radius 1 is 1.09 bits per heavy atom. The van der Waals surface area contributed by atoms with E-state index in [-0.39, 0.29) is 30.2 Å². The first-order valence-corrected chi connectivity index (χ1v) is 11.5. The third-order valence-electron chi connectivity index (χ3n) is 6.39. The van der Waals surface area contributed by atoms with Crippen molar-refractivity contribution in [1.82, 2.24) is 15.5 Å². The van der Waals surface area contributed by atoms with Crippen molar-refractivity contribution in [2.24, 2.45) is 11.3 Å². The first-order valence-electron chi connectivity index (χ1n) is 11.5. The molecule has 2 N–H and O–H groups in total. The van der Waals surface area contributed by atoms with E-state index in [2.05, 4.69) is 31.4 Å². The van der Waals surface area contributed by atoms with Crippen molar-refractivity contribution in [3.05, 3.63) is 59.9 Å². The highest BCUT2D eigenvalue weighted by Gasteiger charge is 2.56. The fraction of sp³-hybridized carbons (Fsp3) is 0.423. The number of amides is 4. The van der Waals surface area contributed by atoms with Gasteiger partial charge in [-0.05, 0) is 72.6 Å². The van der Waals surface area contributed by atoms with Crippen LogP contribution in [-0.2, 0) is 16.1 Å². The van der Waals surface area contributed by atoms with Gasteiger partial charge in [-0.3, -0.25) is 14.5 Å². The summed E-state index contributed by atoms with van der Waals surface area (Å²) in [6, 6.07) is 12.3. The van der Waals surface area contributed by atoms with E-state index in [4.69, 9.17) is 4.74 Å². The highest BCUT2D eigenvalue weighted by atomic mass is 19.1. The van der Waals surface area contributed by atoms with Gasteiger partial charge in [-0.25, -0.2) is 9.18 Å². The quantitative estimate of drug-likeness (QED) is 0.618. The Kier molecular flexibility index (Phi) is 6.34. The molecule has 1 saturated heterocycles. The van der Waals surface area contributed by atoms with E-state index in [0.29, 0.717) is 30.3 Å². The van der Waals surface area contributed by atoms with Crippen molar-refractivity contribution in [3.8, 4) is 11.5 Å². The SMILES string of the molecule is CC1CC(C)(C)CC2(C1)NC(=O)N(CC(=O)NCc1ccc(Oc3ccc(F)cc3)cc1)C2=O. The topological polar surface area (TPSA) is 87.7 Å². The number of imide groups is 1. The first-order chi connectivity index (χ1) is 16.1. The number of carbonyl (C=O) groups is 3. The van der Waals surface area contributed by atoms with Crippen LogP contribution in [0.15, 0.2) is 48.5 Å². The minimum absolute atomic E-state index is 0.0640. The Balaban J connectivity index is 1.31. The van der Waals surface area contributed by atoms with Gasteiger partial charge in [0.05, 0.1) is 0 Å². The summed E-state index contributed by atoms with van der Waals surface area (Å²) in [4.78, 5) is 39.3. The zero-order chi connectivity index (χ0) is 24.5. The predicted octanol–water partition coefficient (Wildman–Crippen LogP) is 4.37. The molecule has 1 spiro atoms. The van der Waals surface area contributed by atoms with Gasteiger partial charge in [-0.2, -0.15) is 0 Å². The van der Waals surface area contributed by atoms with Gasteiger partial charge >= 0.3 is 6.03 Å².